The SMILES string of the molecule is CCC1CCCCC1C(NC)c1cc2c(s1)CCSC2. The van der Waals surface area contributed by atoms with Crippen LogP contribution in [-0.4, -0.2) is 12.8 Å². The smallest absolute Gasteiger partial charge is 0.0443 e. The molecule has 0 aromatic carbocycles. The average molecular weight is 310 g/mol. The molecule has 0 spiro atoms. The molecule has 3 unspecified atom stereocenters. The molecule has 0 radical (unpaired) electrons. The third kappa shape index (κ3) is 2.95. The molecule has 0 amide bonds. The van der Waals surface area contributed by atoms with Gasteiger partial charge in [-0.3, -0.25) is 0 Å². The van der Waals surface area contributed by atoms with E-state index in [2.05, 4.69) is 48.5 Å². The van der Waals surface area contributed by atoms with Crippen molar-refractivity contribution >= 4 is 23.1 Å². The molecule has 1 N–H and O–H groups in total. The normalized spacial score (nSPS) is 28.1. The van der Waals surface area contributed by atoms with Crippen molar-refractivity contribution in [3.63, 3.8) is 0 Å². The summed E-state index contributed by atoms with van der Waals surface area (Å²) < 4.78 is 0. The molecule has 3 atom stereocenters. The molecule has 20 heavy (non-hydrogen) atoms. The fourth-order valence-corrected chi connectivity index (χ4v) is 6.64. The Hall–Kier alpha value is 0.01000. The lowest BCUT2D eigenvalue weighted by molar-refractivity contribution is 0.182. The third-order valence-corrected chi connectivity index (χ3v) is 7.51. The summed E-state index contributed by atoms with van der Waals surface area (Å²) in [6, 6.07) is 3.12. The van der Waals surface area contributed by atoms with Gasteiger partial charge < -0.3 is 5.32 Å². The number of nitrogens with one attached hydrogen (secondary N) is 1. The molecule has 0 saturated heterocycles. The Morgan fingerprint density at radius 3 is 2.95 bits per heavy atom. The largest absolute Gasteiger partial charge is 0.312 e. The molecule has 0 bridgehead atoms. The lowest BCUT2D eigenvalue weighted by atomic mass is 9.73. The van der Waals surface area contributed by atoms with Crippen LogP contribution in [0.2, 0.25) is 0 Å². The zero-order chi connectivity index (χ0) is 13.9. The van der Waals surface area contributed by atoms with Crippen LogP contribution in [0.5, 0.6) is 0 Å². The lowest BCUT2D eigenvalue weighted by Crippen LogP contribution is -2.32. The van der Waals surface area contributed by atoms with Crippen molar-refractivity contribution in [3.8, 4) is 0 Å². The average Bonchev–Trinajstić information content (AvgIpc) is 2.92. The molecular weight excluding hydrogens is 282 g/mol. The molecule has 112 valence electrons. The van der Waals surface area contributed by atoms with Crippen LogP contribution in [0.25, 0.3) is 0 Å². The number of thiophene rings is 1. The van der Waals surface area contributed by atoms with E-state index >= 15 is 0 Å². The Bertz CT molecular complexity index is 417. The van der Waals surface area contributed by atoms with Crippen molar-refractivity contribution in [2.45, 2.75) is 57.2 Å². The predicted octanol–water partition coefficient (Wildman–Crippen LogP) is 5.01. The van der Waals surface area contributed by atoms with E-state index in [0.717, 1.165) is 11.8 Å². The fraction of sp³-hybridized carbons (Fsp3) is 0.765. The molecule has 1 aromatic rings. The highest BCUT2D eigenvalue weighted by Crippen LogP contribution is 2.43. The zero-order valence-corrected chi connectivity index (χ0v) is 14.4. The number of thioether (sulfide) groups is 1. The van der Waals surface area contributed by atoms with Crippen LogP contribution in [0, 0.1) is 11.8 Å². The van der Waals surface area contributed by atoms with E-state index in [1.807, 2.05) is 0 Å². The van der Waals surface area contributed by atoms with Gasteiger partial charge in [0.1, 0.15) is 0 Å². The summed E-state index contributed by atoms with van der Waals surface area (Å²) in [5.41, 5.74) is 1.63. The number of fused-ring (bicyclic) bond motifs is 1. The topological polar surface area (TPSA) is 12.0 Å². The highest BCUT2D eigenvalue weighted by atomic mass is 32.2. The van der Waals surface area contributed by atoms with Gasteiger partial charge in [0.15, 0.2) is 0 Å². The number of rotatable bonds is 4. The first kappa shape index (κ1) is 14.9. The van der Waals surface area contributed by atoms with Crippen LogP contribution >= 0.6 is 23.1 Å². The molecular formula is C17H27NS2. The molecule has 1 fully saturated rings. The maximum Gasteiger partial charge on any atom is 0.0443 e. The van der Waals surface area contributed by atoms with Crippen LogP contribution in [0.15, 0.2) is 6.07 Å². The number of hydrogen-bond donors (Lipinski definition) is 1. The first-order valence-corrected chi connectivity index (χ1v) is 10.2. The van der Waals surface area contributed by atoms with Crippen molar-refractivity contribution in [3.05, 3.63) is 21.4 Å². The minimum atomic E-state index is 0.598. The monoisotopic (exact) mass is 309 g/mol. The molecule has 1 aliphatic heterocycles. The standard InChI is InChI=1S/C17H27NS2/c1-3-12-6-4-5-7-14(12)17(18-2)16-10-13-11-19-9-8-15(13)20-16/h10,12,14,17-18H,3-9,11H2,1-2H3. The van der Waals surface area contributed by atoms with Crippen LogP contribution in [0.4, 0.5) is 0 Å². The molecule has 2 heterocycles. The second-order valence-electron chi connectivity index (χ2n) is 6.28. The van der Waals surface area contributed by atoms with Crippen LogP contribution in [-0.2, 0) is 12.2 Å². The molecule has 1 saturated carbocycles. The summed E-state index contributed by atoms with van der Waals surface area (Å²) in [6.45, 7) is 2.38. The van der Waals surface area contributed by atoms with Gasteiger partial charge in [0.05, 0.1) is 0 Å². The number of aryl methyl sites for hydroxylation is 1. The van der Waals surface area contributed by atoms with Crippen molar-refractivity contribution in [2.75, 3.05) is 12.8 Å². The molecule has 2 aliphatic rings. The van der Waals surface area contributed by atoms with Gasteiger partial charge in [-0.25, -0.2) is 0 Å². The Balaban J connectivity index is 1.83. The number of hydrogen-bond acceptors (Lipinski definition) is 3. The minimum absolute atomic E-state index is 0.598. The van der Waals surface area contributed by atoms with E-state index in [4.69, 9.17) is 0 Å². The second kappa shape index (κ2) is 6.85. The van der Waals surface area contributed by atoms with E-state index < -0.39 is 0 Å². The highest BCUT2D eigenvalue weighted by molar-refractivity contribution is 7.98. The molecule has 1 aromatic heterocycles. The van der Waals surface area contributed by atoms with E-state index in [0.29, 0.717) is 6.04 Å². The quantitative estimate of drug-likeness (QED) is 0.838. The molecule has 1 nitrogen and oxygen atoms in total. The van der Waals surface area contributed by atoms with Gasteiger partial charge in [-0.05, 0) is 49.1 Å². The first-order chi connectivity index (χ1) is 9.83. The molecule has 3 rings (SSSR count). The van der Waals surface area contributed by atoms with Gasteiger partial charge in [0.2, 0.25) is 0 Å². The summed E-state index contributed by atoms with van der Waals surface area (Å²) >= 11 is 4.20. The zero-order valence-electron chi connectivity index (χ0n) is 12.8. The fourth-order valence-electron chi connectivity index (χ4n) is 4.07. The van der Waals surface area contributed by atoms with Gasteiger partial charge in [-0.15, -0.1) is 11.3 Å². The Labute approximate surface area is 131 Å². The predicted molar refractivity (Wildman–Crippen MR) is 91.7 cm³/mol. The summed E-state index contributed by atoms with van der Waals surface area (Å²) in [5, 5.41) is 3.67. The van der Waals surface area contributed by atoms with E-state index in [-0.39, 0.29) is 0 Å². The Morgan fingerprint density at radius 2 is 2.20 bits per heavy atom. The van der Waals surface area contributed by atoms with Crippen molar-refractivity contribution in [1.82, 2.24) is 5.32 Å². The summed E-state index contributed by atoms with van der Waals surface area (Å²) in [5.74, 6) is 4.34. The summed E-state index contributed by atoms with van der Waals surface area (Å²) in [4.78, 5) is 3.29. The van der Waals surface area contributed by atoms with Gasteiger partial charge in [-0.1, -0.05) is 32.6 Å². The first-order valence-electron chi connectivity index (χ1n) is 8.20. The van der Waals surface area contributed by atoms with Crippen LogP contribution in [0.3, 0.4) is 0 Å². The third-order valence-electron chi connectivity index (χ3n) is 5.18. The maximum absolute atomic E-state index is 3.67. The van der Waals surface area contributed by atoms with Gasteiger partial charge in [0, 0.05) is 21.5 Å². The van der Waals surface area contributed by atoms with E-state index in [1.54, 1.807) is 15.3 Å². The van der Waals surface area contributed by atoms with Crippen LogP contribution < -0.4 is 5.32 Å². The van der Waals surface area contributed by atoms with E-state index in [9.17, 15) is 0 Å². The van der Waals surface area contributed by atoms with Crippen molar-refractivity contribution in [2.24, 2.45) is 11.8 Å². The van der Waals surface area contributed by atoms with Crippen LogP contribution in [0.1, 0.15) is 60.4 Å². The van der Waals surface area contributed by atoms with Crippen molar-refractivity contribution < 1.29 is 0 Å². The Morgan fingerprint density at radius 1 is 1.35 bits per heavy atom. The van der Waals surface area contributed by atoms with Gasteiger partial charge in [0.25, 0.3) is 0 Å². The van der Waals surface area contributed by atoms with Gasteiger partial charge >= 0.3 is 0 Å². The van der Waals surface area contributed by atoms with Crippen molar-refractivity contribution in [1.29, 1.82) is 0 Å². The minimum Gasteiger partial charge on any atom is -0.312 e. The van der Waals surface area contributed by atoms with Gasteiger partial charge in [-0.2, -0.15) is 11.8 Å². The molecule has 3 heteroatoms. The second-order valence-corrected chi connectivity index (χ2v) is 8.56. The molecule has 1 aliphatic carbocycles. The highest BCUT2D eigenvalue weighted by Gasteiger charge is 2.32. The maximum atomic E-state index is 3.67. The summed E-state index contributed by atoms with van der Waals surface area (Å²) in [7, 11) is 2.17. The van der Waals surface area contributed by atoms with E-state index in [1.165, 1.54) is 50.0 Å². The summed E-state index contributed by atoms with van der Waals surface area (Å²) in [6.07, 6.45) is 8.39. The lowest BCUT2D eigenvalue weighted by Gasteiger charge is -2.36. The Kier molecular flexibility index (Phi) is 5.11.